The van der Waals surface area contributed by atoms with Crippen LogP contribution in [0.3, 0.4) is 0 Å². The summed E-state index contributed by atoms with van der Waals surface area (Å²) in [6, 6.07) is 72.8. The van der Waals surface area contributed by atoms with E-state index in [-0.39, 0.29) is 6.17 Å². The molecule has 5 nitrogen and oxygen atoms in total. The van der Waals surface area contributed by atoms with Crippen LogP contribution in [-0.4, -0.2) is 20.8 Å². The van der Waals surface area contributed by atoms with E-state index in [1.807, 2.05) is 0 Å². The number of rotatable bonds is 5. The minimum Gasteiger partial charge on any atom is -0.344 e. The van der Waals surface area contributed by atoms with E-state index >= 15 is 0 Å². The molecule has 0 radical (unpaired) electrons. The Labute approximate surface area is 387 Å². The van der Waals surface area contributed by atoms with Crippen molar-refractivity contribution in [2.24, 2.45) is 15.9 Å². The Morgan fingerprint density at radius 1 is 0.493 bits per heavy atom. The molecular formula is C62H43N5. The van der Waals surface area contributed by atoms with Crippen molar-refractivity contribution in [3.63, 3.8) is 0 Å². The molecule has 0 spiro atoms. The first-order valence-electron chi connectivity index (χ1n) is 23.3. The first-order valence-corrected chi connectivity index (χ1v) is 23.3. The summed E-state index contributed by atoms with van der Waals surface area (Å²) in [5, 5.41) is 17.1. The van der Waals surface area contributed by atoms with Crippen molar-refractivity contribution < 1.29 is 0 Å². The molecule has 0 amide bonds. The van der Waals surface area contributed by atoms with Gasteiger partial charge in [0.05, 0.1) is 22.2 Å². The summed E-state index contributed by atoms with van der Waals surface area (Å²) in [5.41, 5.74) is 11.7. The van der Waals surface area contributed by atoms with Crippen molar-refractivity contribution in [2.75, 3.05) is 0 Å². The lowest BCUT2D eigenvalue weighted by atomic mass is 9.93. The molecule has 0 saturated carbocycles. The number of aliphatic imine (C=N–C) groups is 2. The van der Waals surface area contributed by atoms with Gasteiger partial charge in [0.2, 0.25) is 0 Å². The summed E-state index contributed by atoms with van der Waals surface area (Å²) in [5.74, 6) is 1.99. The summed E-state index contributed by atoms with van der Waals surface area (Å²) in [6.45, 7) is 2.32. The number of aromatic nitrogens is 2. The fourth-order valence-electron chi connectivity index (χ4n) is 11.1. The quantitative estimate of drug-likeness (QED) is 0.172. The first-order chi connectivity index (χ1) is 33.1. The minimum atomic E-state index is -0.308. The molecule has 316 valence electrons. The Morgan fingerprint density at radius 2 is 1.15 bits per heavy atom. The molecule has 2 aliphatic rings. The number of hydrogen-bond donors (Lipinski definition) is 1. The normalized spacial score (nSPS) is 16.0. The van der Waals surface area contributed by atoms with Crippen LogP contribution in [0.2, 0.25) is 0 Å². The van der Waals surface area contributed by atoms with E-state index in [0.717, 1.165) is 45.4 Å². The standard InChI is InChI=1S/C62H43N5/c1-38-23-32-56-53(33-38)50-19-9-11-21-54(50)67(56)59-49-18-8-6-16-43(49)37-57-58(59)51-20-10-12-22-55(51)66(57)47-31-30-39-24-28-44(34-46(39)35-47)61-63-60(42-14-3-2-4-15-42)64-62(65-61)45-29-27-41-26-25-40-13-5-7-17-48(40)52(41)36-45/h2-32,34-38,60H,33H2,1H3,(H,63,64,65). The van der Waals surface area contributed by atoms with Gasteiger partial charge in [-0.25, -0.2) is 9.98 Å². The van der Waals surface area contributed by atoms with Crippen LogP contribution in [0.1, 0.15) is 41.0 Å². The van der Waals surface area contributed by atoms with Crippen LogP contribution >= 0.6 is 0 Å². The molecule has 1 aliphatic heterocycles. The predicted octanol–water partition coefficient (Wildman–Crippen LogP) is 15.0. The van der Waals surface area contributed by atoms with Crippen molar-refractivity contribution in [1.29, 1.82) is 0 Å². The monoisotopic (exact) mass is 857 g/mol. The Kier molecular flexibility index (Phi) is 8.32. The van der Waals surface area contributed by atoms with Crippen LogP contribution in [0, 0.1) is 5.92 Å². The number of nitrogens with one attached hydrogen (secondary N) is 1. The van der Waals surface area contributed by atoms with Crippen LogP contribution in [0.25, 0.3) is 93.2 Å². The zero-order chi connectivity index (χ0) is 44.2. The minimum absolute atomic E-state index is 0.308. The third-order valence-corrected chi connectivity index (χ3v) is 14.2. The van der Waals surface area contributed by atoms with Gasteiger partial charge in [-0.3, -0.25) is 0 Å². The van der Waals surface area contributed by atoms with Crippen molar-refractivity contribution >= 4 is 93.5 Å². The number of allylic oxidation sites excluding steroid dienone is 1. The van der Waals surface area contributed by atoms with Gasteiger partial charge in [-0.1, -0.05) is 171 Å². The highest BCUT2D eigenvalue weighted by Crippen LogP contribution is 2.44. The highest BCUT2D eigenvalue weighted by molar-refractivity contribution is 6.21. The fourth-order valence-corrected chi connectivity index (χ4v) is 11.1. The second-order valence-electron chi connectivity index (χ2n) is 18.3. The second kappa shape index (κ2) is 14.7. The zero-order valence-electron chi connectivity index (χ0n) is 36.9. The van der Waals surface area contributed by atoms with Gasteiger partial charge >= 0.3 is 0 Å². The summed E-state index contributed by atoms with van der Waals surface area (Å²) in [6.07, 6.45) is 5.46. The Balaban J connectivity index is 0.952. The van der Waals surface area contributed by atoms with Crippen LogP contribution in [0.5, 0.6) is 0 Å². The van der Waals surface area contributed by atoms with Gasteiger partial charge in [-0.2, -0.15) is 0 Å². The molecular weight excluding hydrogens is 815 g/mol. The smallest absolute Gasteiger partial charge is 0.159 e. The molecule has 3 heterocycles. The van der Waals surface area contributed by atoms with Crippen LogP contribution in [0.4, 0.5) is 0 Å². The lowest BCUT2D eigenvalue weighted by Gasteiger charge is -2.24. The Morgan fingerprint density at radius 3 is 2.00 bits per heavy atom. The zero-order valence-corrected chi connectivity index (χ0v) is 36.9. The molecule has 0 bridgehead atoms. The number of benzene rings is 10. The SMILES string of the molecule is CC1C=Cc2c(c3ccccc3n2-c2c3ccccc3cc3c2c2ccccc2n3-c2ccc3ccc(C4=NC(c5ccc6ccc7ccccc7c6c5)=NC(c5ccccc5)N4)cc3c2)C1. The maximum atomic E-state index is 5.31. The summed E-state index contributed by atoms with van der Waals surface area (Å²) in [4.78, 5) is 10.6. The average molecular weight is 858 g/mol. The number of fused-ring (bicyclic) bond motifs is 11. The lowest BCUT2D eigenvalue weighted by molar-refractivity contribution is 0.674. The maximum absolute atomic E-state index is 5.31. The number of para-hydroxylation sites is 2. The van der Waals surface area contributed by atoms with Gasteiger partial charge in [-0.05, 0) is 110 Å². The van der Waals surface area contributed by atoms with E-state index in [1.54, 1.807) is 0 Å². The van der Waals surface area contributed by atoms with Gasteiger partial charge < -0.3 is 14.5 Å². The molecule has 1 N–H and O–H groups in total. The van der Waals surface area contributed by atoms with Crippen molar-refractivity contribution in [1.82, 2.24) is 14.5 Å². The fraction of sp³-hybridized carbons (Fsp3) is 0.0645. The van der Waals surface area contributed by atoms with Crippen molar-refractivity contribution in [3.05, 3.63) is 234 Å². The van der Waals surface area contributed by atoms with E-state index in [4.69, 9.17) is 9.98 Å². The third kappa shape index (κ3) is 5.94. The predicted molar refractivity (Wildman–Crippen MR) is 281 cm³/mol. The maximum Gasteiger partial charge on any atom is 0.159 e. The van der Waals surface area contributed by atoms with E-state index < -0.39 is 0 Å². The van der Waals surface area contributed by atoms with Gasteiger partial charge in [0, 0.05) is 44.1 Å². The first kappa shape index (κ1) is 37.8. The topological polar surface area (TPSA) is 46.6 Å². The molecule has 5 heteroatoms. The molecule has 2 aromatic heterocycles. The summed E-state index contributed by atoms with van der Waals surface area (Å²) >= 11 is 0. The molecule has 2 unspecified atom stereocenters. The van der Waals surface area contributed by atoms with Crippen LogP contribution in [0.15, 0.2) is 216 Å². The van der Waals surface area contributed by atoms with Gasteiger partial charge in [0.1, 0.15) is 12.0 Å². The molecule has 14 rings (SSSR count). The molecule has 12 aromatic rings. The molecule has 67 heavy (non-hydrogen) atoms. The third-order valence-electron chi connectivity index (χ3n) is 14.2. The van der Waals surface area contributed by atoms with E-state index in [2.05, 4.69) is 234 Å². The molecule has 2 atom stereocenters. The molecule has 10 aromatic carbocycles. The summed E-state index contributed by atoms with van der Waals surface area (Å²) in [7, 11) is 0. The number of hydrogen-bond acceptors (Lipinski definition) is 3. The Bertz CT molecular complexity index is 4130. The molecule has 0 fully saturated rings. The molecule has 0 saturated heterocycles. The van der Waals surface area contributed by atoms with Crippen molar-refractivity contribution in [3.8, 4) is 11.4 Å². The van der Waals surface area contributed by atoms with Crippen molar-refractivity contribution in [2.45, 2.75) is 19.5 Å². The lowest BCUT2D eigenvalue weighted by Crippen LogP contribution is -2.33. The van der Waals surface area contributed by atoms with Crippen LogP contribution < -0.4 is 5.32 Å². The summed E-state index contributed by atoms with van der Waals surface area (Å²) < 4.78 is 5.03. The number of amidine groups is 2. The van der Waals surface area contributed by atoms with Crippen LogP contribution in [-0.2, 0) is 6.42 Å². The highest BCUT2D eigenvalue weighted by atomic mass is 15.2. The average Bonchev–Trinajstić information content (AvgIpc) is 3.89. The second-order valence-corrected chi connectivity index (χ2v) is 18.3. The Hall–Kier alpha value is -8.54. The van der Waals surface area contributed by atoms with Gasteiger partial charge in [0.15, 0.2) is 5.84 Å². The number of nitrogens with zero attached hydrogens (tertiary/aromatic N) is 4. The molecule has 1 aliphatic carbocycles. The largest absolute Gasteiger partial charge is 0.344 e. The van der Waals surface area contributed by atoms with E-state index in [1.165, 1.54) is 82.0 Å². The van der Waals surface area contributed by atoms with E-state index in [9.17, 15) is 0 Å². The highest BCUT2D eigenvalue weighted by Gasteiger charge is 2.26. The van der Waals surface area contributed by atoms with E-state index in [0.29, 0.717) is 11.8 Å². The van der Waals surface area contributed by atoms with Gasteiger partial charge in [0.25, 0.3) is 0 Å². The van der Waals surface area contributed by atoms with Gasteiger partial charge in [-0.15, -0.1) is 0 Å².